The molecule has 0 radical (unpaired) electrons. The molecule has 1 aliphatic heterocycles. The molecule has 1 fully saturated rings. The van der Waals surface area contributed by atoms with E-state index < -0.39 is 0 Å². The number of benzene rings is 1. The molecule has 3 rings (SSSR count). The second-order valence-corrected chi connectivity index (χ2v) is 8.26. The molecule has 7 heteroatoms. The number of aromatic nitrogens is 3. The fraction of sp³-hybridized carbons (Fsp3) is 0.550. The Hall–Kier alpha value is -2.02. The van der Waals surface area contributed by atoms with Gasteiger partial charge in [-0.05, 0) is 49.8 Å². The normalized spacial score (nSPS) is 17.2. The molecule has 2 aromatic rings. The first-order valence-electron chi connectivity index (χ1n) is 9.43. The van der Waals surface area contributed by atoms with E-state index in [0.717, 1.165) is 41.8 Å². The molecule has 1 atom stereocenters. The fourth-order valence-electron chi connectivity index (χ4n) is 3.25. The maximum Gasteiger partial charge on any atom is 0.233 e. The van der Waals surface area contributed by atoms with Crippen molar-refractivity contribution in [2.75, 3.05) is 18.8 Å². The topological polar surface area (TPSA) is 60.3 Å². The number of piperidine rings is 1. The Kier molecular flexibility index (Phi) is 6.42. The Morgan fingerprint density at radius 2 is 2.15 bits per heavy atom. The summed E-state index contributed by atoms with van der Waals surface area (Å²) in [7, 11) is 1.91. The van der Waals surface area contributed by atoms with Crippen LogP contribution in [0.5, 0.6) is 5.75 Å². The van der Waals surface area contributed by atoms with Crippen LogP contribution in [0.2, 0.25) is 0 Å². The van der Waals surface area contributed by atoms with Gasteiger partial charge in [-0.1, -0.05) is 30.8 Å². The van der Waals surface area contributed by atoms with E-state index in [1.165, 1.54) is 23.7 Å². The zero-order chi connectivity index (χ0) is 19.4. The molecule has 1 aliphatic rings. The average Bonchev–Trinajstić information content (AvgIpc) is 3.01. The molecular formula is C20H28N4O2S. The minimum absolute atomic E-state index is 0.183. The van der Waals surface area contributed by atoms with Crippen molar-refractivity contribution in [1.29, 1.82) is 0 Å². The third-order valence-electron chi connectivity index (χ3n) is 5.17. The Morgan fingerprint density at radius 1 is 1.33 bits per heavy atom. The fourth-order valence-corrected chi connectivity index (χ4v) is 4.09. The lowest BCUT2D eigenvalue weighted by molar-refractivity contribution is -0.130. The number of hydrogen-bond acceptors (Lipinski definition) is 5. The minimum atomic E-state index is 0.183. The molecule has 0 spiro atoms. The summed E-state index contributed by atoms with van der Waals surface area (Å²) in [5, 5.41) is 9.20. The molecule has 0 bridgehead atoms. The van der Waals surface area contributed by atoms with Crippen LogP contribution in [-0.2, 0) is 18.4 Å². The maximum atomic E-state index is 12.4. The van der Waals surface area contributed by atoms with Crippen LogP contribution in [0.15, 0.2) is 23.4 Å². The SMILES string of the molecule is Cc1cccc(OCc2nnc(SCC(=O)N3CCC[C@H](C)C3)n2C)c1C. The monoisotopic (exact) mass is 388 g/mol. The maximum absolute atomic E-state index is 12.4. The molecule has 27 heavy (non-hydrogen) atoms. The van der Waals surface area contributed by atoms with Gasteiger partial charge in [0.25, 0.3) is 0 Å². The molecule has 6 nitrogen and oxygen atoms in total. The van der Waals surface area contributed by atoms with Gasteiger partial charge in [-0.15, -0.1) is 10.2 Å². The molecule has 0 N–H and O–H groups in total. The largest absolute Gasteiger partial charge is 0.485 e. The van der Waals surface area contributed by atoms with Gasteiger partial charge in [0, 0.05) is 20.1 Å². The lowest BCUT2D eigenvalue weighted by atomic mass is 10.0. The van der Waals surface area contributed by atoms with E-state index in [4.69, 9.17) is 4.74 Å². The highest BCUT2D eigenvalue weighted by atomic mass is 32.2. The molecule has 1 saturated heterocycles. The summed E-state index contributed by atoms with van der Waals surface area (Å²) in [6.07, 6.45) is 2.31. The van der Waals surface area contributed by atoms with Crippen molar-refractivity contribution in [2.24, 2.45) is 13.0 Å². The number of amides is 1. The molecule has 146 valence electrons. The number of ether oxygens (including phenoxy) is 1. The molecule has 0 aliphatic carbocycles. The highest BCUT2D eigenvalue weighted by Crippen LogP contribution is 2.23. The number of carbonyl (C=O) groups excluding carboxylic acids is 1. The van der Waals surface area contributed by atoms with Crippen LogP contribution in [0.4, 0.5) is 0 Å². The second kappa shape index (κ2) is 8.78. The Balaban J connectivity index is 1.55. The predicted octanol–water partition coefficient (Wildman–Crippen LogP) is 3.36. The van der Waals surface area contributed by atoms with Gasteiger partial charge < -0.3 is 14.2 Å². The molecular weight excluding hydrogens is 360 g/mol. The predicted molar refractivity (Wildman–Crippen MR) is 107 cm³/mol. The van der Waals surface area contributed by atoms with E-state index in [2.05, 4.69) is 37.0 Å². The molecule has 0 saturated carbocycles. The van der Waals surface area contributed by atoms with Gasteiger partial charge >= 0.3 is 0 Å². The quantitative estimate of drug-likeness (QED) is 0.710. The Labute approximate surface area is 165 Å². The first-order chi connectivity index (χ1) is 13.0. The molecule has 1 amide bonds. The van der Waals surface area contributed by atoms with Crippen LogP contribution in [0, 0.1) is 19.8 Å². The zero-order valence-electron chi connectivity index (χ0n) is 16.6. The molecule has 1 aromatic carbocycles. The average molecular weight is 389 g/mol. The van der Waals surface area contributed by atoms with Crippen molar-refractivity contribution in [3.63, 3.8) is 0 Å². The van der Waals surface area contributed by atoms with Gasteiger partial charge in [0.2, 0.25) is 5.91 Å². The number of carbonyl (C=O) groups is 1. The number of thioether (sulfide) groups is 1. The number of nitrogens with zero attached hydrogens (tertiary/aromatic N) is 4. The first-order valence-corrected chi connectivity index (χ1v) is 10.4. The van der Waals surface area contributed by atoms with Crippen LogP contribution in [-0.4, -0.2) is 44.4 Å². The summed E-state index contributed by atoms with van der Waals surface area (Å²) in [5.41, 5.74) is 2.34. The van der Waals surface area contributed by atoms with Gasteiger partial charge in [-0.3, -0.25) is 4.79 Å². The van der Waals surface area contributed by atoms with Crippen molar-refractivity contribution < 1.29 is 9.53 Å². The van der Waals surface area contributed by atoms with E-state index in [-0.39, 0.29) is 5.91 Å². The van der Waals surface area contributed by atoms with Gasteiger partial charge in [-0.25, -0.2) is 0 Å². The van der Waals surface area contributed by atoms with Gasteiger partial charge in [0.15, 0.2) is 11.0 Å². The number of likely N-dealkylation sites (tertiary alicyclic amines) is 1. The molecule has 0 unspecified atom stereocenters. The van der Waals surface area contributed by atoms with E-state index in [1.54, 1.807) is 0 Å². The van der Waals surface area contributed by atoms with Crippen molar-refractivity contribution >= 4 is 17.7 Å². The zero-order valence-corrected chi connectivity index (χ0v) is 17.4. The summed E-state index contributed by atoms with van der Waals surface area (Å²) in [6.45, 7) is 8.42. The van der Waals surface area contributed by atoms with Crippen LogP contribution in [0.3, 0.4) is 0 Å². The molecule has 1 aromatic heterocycles. The van der Waals surface area contributed by atoms with Crippen LogP contribution in [0.25, 0.3) is 0 Å². The summed E-state index contributed by atoms with van der Waals surface area (Å²) in [4.78, 5) is 14.4. The Morgan fingerprint density at radius 3 is 2.93 bits per heavy atom. The third-order valence-corrected chi connectivity index (χ3v) is 6.18. The number of aryl methyl sites for hydroxylation is 1. The lowest BCUT2D eigenvalue weighted by Gasteiger charge is -2.30. The highest BCUT2D eigenvalue weighted by Gasteiger charge is 2.21. The molecule has 2 heterocycles. The number of rotatable bonds is 6. The van der Waals surface area contributed by atoms with Crippen LogP contribution >= 0.6 is 11.8 Å². The summed E-state index contributed by atoms with van der Waals surface area (Å²) in [5.74, 6) is 2.79. The van der Waals surface area contributed by atoms with E-state index >= 15 is 0 Å². The minimum Gasteiger partial charge on any atom is -0.485 e. The van der Waals surface area contributed by atoms with E-state index in [0.29, 0.717) is 18.3 Å². The van der Waals surface area contributed by atoms with Crippen molar-refractivity contribution in [1.82, 2.24) is 19.7 Å². The number of hydrogen-bond donors (Lipinski definition) is 0. The van der Waals surface area contributed by atoms with E-state index in [9.17, 15) is 4.79 Å². The first kappa shape index (κ1) is 19.7. The van der Waals surface area contributed by atoms with Crippen molar-refractivity contribution in [2.45, 2.75) is 45.4 Å². The summed E-state index contributed by atoms with van der Waals surface area (Å²) in [6, 6.07) is 6.02. The summed E-state index contributed by atoms with van der Waals surface area (Å²) < 4.78 is 7.83. The van der Waals surface area contributed by atoms with Gasteiger partial charge in [0.05, 0.1) is 5.75 Å². The third kappa shape index (κ3) is 4.83. The van der Waals surface area contributed by atoms with Crippen LogP contribution < -0.4 is 4.74 Å². The summed E-state index contributed by atoms with van der Waals surface area (Å²) >= 11 is 1.44. The standard InChI is InChI=1S/C20H28N4O2S/c1-14-7-6-10-24(11-14)19(25)13-27-20-22-21-18(23(20)4)12-26-17-9-5-8-15(2)16(17)3/h5,8-9,14H,6-7,10-13H2,1-4H3/t14-/m0/s1. The van der Waals surface area contributed by atoms with E-state index in [1.807, 2.05) is 28.6 Å². The second-order valence-electron chi connectivity index (χ2n) is 7.32. The highest BCUT2D eigenvalue weighted by molar-refractivity contribution is 7.99. The van der Waals surface area contributed by atoms with Crippen molar-refractivity contribution in [3.05, 3.63) is 35.2 Å². The van der Waals surface area contributed by atoms with Gasteiger partial charge in [-0.2, -0.15) is 0 Å². The lowest BCUT2D eigenvalue weighted by Crippen LogP contribution is -2.40. The smallest absolute Gasteiger partial charge is 0.233 e. The van der Waals surface area contributed by atoms with Crippen LogP contribution in [0.1, 0.15) is 36.7 Å². The van der Waals surface area contributed by atoms with Gasteiger partial charge in [0.1, 0.15) is 12.4 Å². The Bertz CT molecular complexity index is 805. The van der Waals surface area contributed by atoms with Crippen molar-refractivity contribution in [3.8, 4) is 5.75 Å².